The lowest BCUT2D eigenvalue weighted by Crippen LogP contribution is -2.08. The quantitative estimate of drug-likeness (QED) is 0.561. The van der Waals surface area contributed by atoms with Crippen molar-refractivity contribution in [2.24, 2.45) is 0 Å². The Kier molecular flexibility index (Phi) is 7.64. The molecule has 1 unspecified atom stereocenters. The number of hydrogen-bond acceptors (Lipinski definition) is 4. The van der Waals surface area contributed by atoms with Crippen LogP contribution >= 0.6 is 0 Å². The van der Waals surface area contributed by atoms with Gasteiger partial charge in [0, 0.05) is 0 Å². The van der Waals surface area contributed by atoms with Crippen LogP contribution in [0.4, 0.5) is 0 Å². The minimum atomic E-state index is -3.58. The normalized spacial score (nSPS) is 13.8. The lowest BCUT2D eigenvalue weighted by atomic mass is 10.2. The summed E-state index contributed by atoms with van der Waals surface area (Å²) in [6.45, 7) is 5.93. The Balaban J connectivity index is 2.07. The van der Waals surface area contributed by atoms with Crippen molar-refractivity contribution in [3.8, 4) is 11.5 Å². The van der Waals surface area contributed by atoms with E-state index in [4.69, 9.17) is 9.47 Å². The van der Waals surface area contributed by atoms with Gasteiger partial charge in [0.05, 0.1) is 16.9 Å². The summed E-state index contributed by atoms with van der Waals surface area (Å²) in [6.07, 6.45) is 9.76. The van der Waals surface area contributed by atoms with E-state index in [0.29, 0.717) is 11.5 Å². The molecule has 0 saturated carbocycles. The van der Waals surface area contributed by atoms with Crippen LogP contribution in [0.2, 0.25) is 0 Å². The van der Waals surface area contributed by atoms with Crippen LogP contribution in [0.15, 0.2) is 94.3 Å². The van der Waals surface area contributed by atoms with Crippen LogP contribution in [0, 0.1) is 0 Å². The SMILES string of the molecule is C\C=C/C(C)=C\C=C/C(C)Oc1ccc(S(=O)(=O)c2ccc(OC)cc2)cc1. The van der Waals surface area contributed by atoms with E-state index in [0.717, 1.165) is 5.57 Å². The van der Waals surface area contributed by atoms with Crippen molar-refractivity contribution in [3.05, 3.63) is 84.5 Å². The fraction of sp³-hybridized carbons (Fsp3) is 0.217. The van der Waals surface area contributed by atoms with Gasteiger partial charge in [-0.3, -0.25) is 0 Å². The van der Waals surface area contributed by atoms with E-state index >= 15 is 0 Å². The van der Waals surface area contributed by atoms with Gasteiger partial charge < -0.3 is 9.47 Å². The van der Waals surface area contributed by atoms with Crippen LogP contribution in [0.3, 0.4) is 0 Å². The Morgan fingerprint density at radius 1 is 0.964 bits per heavy atom. The molecule has 0 bridgehead atoms. The molecule has 2 rings (SSSR count). The molecule has 148 valence electrons. The molecule has 0 amide bonds. The van der Waals surface area contributed by atoms with Gasteiger partial charge in [0.1, 0.15) is 17.6 Å². The van der Waals surface area contributed by atoms with Gasteiger partial charge in [-0.15, -0.1) is 0 Å². The first-order chi connectivity index (χ1) is 13.4. The van der Waals surface area contributed by atoms with Crippen molar-refractivity contribution in [1.29, 1.82) is 0 Å². The Bertz CT molecular complexity index is 951. The predicted molar refractivity (Wildman–Crippen MR) is 113 cm³/mol. The van der Waals surface area contributed by atoms with E-state index in [2.05, 4.69) is 0 Å². The van der Waals surface area contributed by atoms with Crippen molar-refractivity contribution in [1.82, 2.24) is 0 Å². The molecule has 0 aliphatic carbocycles. The summed E-state index contributed by atoms with van der Waals surface area (Å²) in [5, 5.41) is 0. The lowest BCUT2D eigenvalue weighted by Gasteiger charge is -2.11. The third-order valence-electron chi connectivity index (χ3n) is 4.00. The molecule has 0 aliphatic rings. The number of allylic oxidation sites excluding steroid dienone is 5. The monoisotopic (exact) mass is 398 g/mol. The highest BCUT2D eigenvalue weighted by Crippen LogP contribution is 2.25. The summed E-state index contributed by atoms with van der Waals surface area (Å²) in [7, 11) is -2.04. The molecule has 5 heteroatoms. The summed E-state index contributed by atoms with van der Waals surface area (Å²) in [4.78, 5) is 0.444. The third kappa shape index (κ3) is 5.86. The van der Waals surface area contributed by atoms with Gasteiger partial charge in [0.2, 0.25) is 9.84 Å². The molecule has 0 radical (unpaired) electrons. The van der Waals surface area contributed by atoms with Gasteiger partial charge in [0.25, 0.3) is 0 Å². The molecular weight excluding hydrogens is 372 g/mol. The minimum Gasteiger partial charge on any atom is -0.497 e. The zero-order chi connectivity index (χ0) is 20.6. The van der Waals surface area contributed by atoms with Gasteiger partial charge in [-0.1, -0.05) is 29.9 Å². The molecule has 0 spiro atoms. The summed E-state index contributed by atoms with van der Waals surface area (Å²) in [6, 6.07) is 12.8. The number of sulfone groups is 1. The first-order valence-corrected chi connectivity index (χ1v) is 10.5. The fourth-order valence-electron chi connectivity index (χ4n) is 2.52. The van der Waals surface area contributed by atoms with E-state index in [-0.39, 0.29) is 15.9 Å². The van der Waals surface area contributed by atoms with Crippen LogP contribution < -0.4 is 9.47 Å². The van der Waals surface area contributed by atoms with Gasteiger partial charge >= 0.3 is 0 Å². The van der Waals surface area contributed by atoms with E-state index in [1.54, 1.807) is 36.4 Å². The molecule has 0 fully saturated rings. The zero-order valence-electron chi connectivity index (χ0n) is 16.6. The molecule has 1 atom stereocenters. The molecular formula is C23H26O4S. The van der Waals surface area contributed by atoms with Crippen molar-refractivity contribution >= 4 is 9.84 Å². The van der Waals surface area contributed by atoms with Crippen molar-refractivity contribution < 1.29 is 17.9 Å². The Morgan fingerprint density at radius 3 is 2.00 bits per heavy atom. The van der Waals surface area contributed by atoms with Gasteiger partial charge in [-0.05, 0) is 75.4 Å². The first kappa shape index (κ1) is 21.5. The maximum absolute atomic E-state index is 12.7. The number of hydrogen-bond donors (Lipinski definition) is 0. The lowest BCUT2D eigenvalue weighted by molar-refractivity contribution is 0.269. The predicted octanol–water partition coefficient (Wildman–Crippen LogP) is 5.37. The topological polar surface area (TPSA) is 52.6 Å². The maximum Gasteiger partial charge on any atom is 0.206 e. The molecule has 0 N–H and O–H groups in total. The molecule has 0 aliphatic heterocycles. The van der Waals surface area contributed by atoms with Crippen molar-refractivity contribution in [2.75, 3.05) is 7.11 Å². The molecule has 2 aromatic rings. The van der Waals surface area contributed by atoms with E-state index in [1.165, 1.54) is 19.2 Å². The first-order valence-electron chi connectivity index (χ1n) is 9.00. The van der Waals surface area contributed by atoms with E-state index < -0.39 is 9.84 Å². The summed E-state index contributed by atoms with van der Waals surface area (Å²) in [5.74, 6) is 1.22. The summed E-state index contributed by atoms with van der Waals surface area (Å²) >= 11 is 0. The average molecular weight is 399 g/mol. The largest absolute Gasteiger partial charge is 0.497 e. The smallest absolute Gasteiger partial charge is 0.206 e. The highest BCUT2D eigenvalue weighted by atomic mass is 32.2. The maximum atomic E-state index is 12.7. The van der Waals surface area contributed by atoms with Crippen LogP contribution in [0.1, 0.15) is 20.8 Å². The van der Waals surface area contributed by atoms with Crippen molar-refractivity contribution in [3.63, 3.8) is 0 Å². The Morgan fingerprint density at radius 2 is 1.50 bits per heavy atom. The highest BCUT2D eigenvalue weighted by Gasteiger charge is 2.17. The van der Waals surface area contributed by atoms with Crippen LogP contribution in [-0.2, 0) is 9.84 Å². The molecule has 4 nitrogen and oxygen atoms in total. The Hall–Kier alpha value is -2.79. The number of benzene rings is 2. The van der Waals surface area contributed by atoms with E-state index in [9.17, 15) is 8.42 Å². The standard InChI is InChI=1S/C23H26O4S/c1-5-7-18(2)8-6-9-19(3)27-21-12-16-23(17-13-21)28(24,25)22-14-10-20(26-4)11-15-22/h5-17,19H,1-4H3/b7-5-,9-6-,18-8-. The van der Waals surface area contributed by atoms with Gasteiger partial charge in [-0.25, -0.2) is 8.42 Å². The van der Waals surface area contributed by atoms with E-state index in [1.807, 2.05) is 51.2 Å². The highest BCUT2D eigenvalue weighted by molar-refractivity contribution is 7.91. The summed E-state index contributed by atoms with van der Waals surface area (Å²) in [5.41, 5.74) is 1.15. The number of rotatable bonds is 8. The minimum absolute atomic E-state index is 0.140. The van der Waals surface area contributed by atoms with Gasteiger partial charge in [0.15, 0.2) is 0 Å². The second-order valence-corrected chi connectivity index (χ2v) is 8.22. The van der Waals surface area contributed by atoms with Crippen LogP contribution in [-0.4, -0.2) is 21.6 Å². The Labute approximate surface area is 167 Å². The third-order valence-corrected chi connectivity index (χ3v) is 5.78. The van der Waals surface area contributed by atoms with Crippen LogP contribution in [0.5, 0.6) is 11.5 Å². The van der Waals surface area contributed by atoms with Crippen molar-refractivity contribution in [2.45, 2.75) is 36.7 Å². The average Bonchev–Trinajstić information content (AvgIpc) is 2.68. The second-order valence-electron chi connectivity index (χ2n) is 6.27. The molecule has 0 heterocycles. The second kappa shape index (κ2) is 9.95. The number of ether oxygens (including phenoxy) is 2. The molecule has 0 saturated heterocycles. The number of methoxy groups -OCH3 is 1. The molecule has 2 aromatic carbocycles. The molecule has 0 aromatic heterocycles. The zero-order valence-corrected chi connectivity index (χ0v) is 17.4. The fourth-order valence-corrected chi connectivity index (χ4v) is 3.79. The van der Waals surface area contributed by atoms with Gasteiger partial charge in [-0.2, -0.15) is 0 Å². The van der Waals surface area contributed by atoms with Crippen LogP contribution in [0.25, 0.3) is 0 Å². The molecule has 28 heavy (non-hydrogen) atoms. The summed E-state index contributed by atoms with van der Waals surface area (Å²) < 4.78 is 36.3.